The lowest BCUT2D eigenvalue weighted by molar-refractivity contribution is 0.429. The van der Waals surface area contributed by atoms with Crippen molar-refractivity contribution < 1.29 is 0 Å². The third-order valence-electron chi connectivity index (χ3n) is 4.93. The second-order valence-corrected chi connectivity index (χ2v) is 9.85. The largest absolute Gasteiger partial charge is 0.324 e. The maximum absolute atomic E-state index is 6.38. The molecule has 3 rings (SSSR count). The second kappa shape index (κ2) is 9.35. The van der Waals surface area contributed by atoms with Gasteiger partial charge in [0.05, 0.1) is 16.9 Å². The molecule has 0 atom stereocenters. The highest BCUT2D eigenvalue weighted by Gasteiger charge is 2.15. The van der Waals surface area contributed by atoms with Crippen molar-refractivity contribution >= 4 is 23.2 Å². The van der Waals surface area contributed by atoms with Crippen LogP contribution in [-0.4, -0.2) is 22.1 Å². The van der Waals surface area contributed by atoms with Gasteiger partial charge in [-0.15, -0.1) is 0 Å². The van der Waals surface area contributed by atoms with Gasteiger partial charge in [-0.2, -0.15) is 0 Å². The van der Waals surface area contributed by atoms with E-state index in [0.717, 1.165) is 29.8 Å². The van der Waals surface area contributed by atoms with Crippen LogP contribution in [0.5, 0.6) is 0 Å². The molecular weight excluding hydrogens is 406 g/mol. The van der Waals surface area contributed by atoms with Crippen molar-refractivity contribution in [2.75, 3.05) is 11.9 Å². The first-order valence-corrected chi connectivity index (χ1v) is 10.9. The Morgan fingerprint density at radius 1 is 0.935 bits per heavy atom. The van der Waals surface area contributed by atoms with Gasteiger partial charge in [-0.3, -0.25) is 0 Å². The van der Waals surface area contributed by atoms with Crippen LogP contribution in [-0.2, 0) is 12.0 Å². The topological polar surface area (TPSA) is 75.9 Å². The van der Waals surface area contributed by atoms with Crippen LogP contribution >= 0.6 is 11.6 Å². The van der Waals surface area contributed by atoms with Crippen LogP contribution in [0.1, 0.15) is 45.7 Å². The van der Waals surface area contributed by atoms with Gasteiger partial charge in [0.2, 0.25) is 5.95 Å². The molecule has 0 radical (unpaired) electrons. The third kappa shape index (κ3) is 6.76. The predicted molar refractivity (Wildman–Crippen MR) is 131 cm³/mol. The lowest BCUT2D eigenvalue weighted by Gasteiger charge is -2.20. The summed E-state index contributed by atoms with van der Waals surface area (Å²) in [6, 6.07) is 16.3. The average molecular weight is 438 g/mol. The van der Waals surface area contributed by atoms with E-state index in [2.05, 4.69) is 53.5 Å². The maximum atomic E-state index is 6.38. The van der Waals surface area contributed by atoms with Crippen molar-refractivity contribution in [1.82, 2.24) is 15.3 Å². The maximum Gasteiger partial charge on any atom is 0.227 e. The van der Waals surface area contributed by atoms with Gasteiger partial charge in [0.25, 0.3) is 0 Å². The Morgan fingerprint density at radius 2 is 1.58 bits per heavy atom. The summed E-state index contributed by atoms with van der Waals surface area (Å²) < 4.78 is 0. The van der Waals surface area contributed by atoms with Gasteiger partial charge in [-0.25, -0.2) is 9.97 Å². The van der Waals surface area contributed by atoms with Crippen molar-refractivity contribution in [3.63, 3.8) is 0 Å². The summed E-state index contributed by atoms with van der Waals surface area (Å²) >= 11 is 6.38. The fraction of sp³-hybridized carbons (Fsp3) is 0.360. The lowest BCUT2D eigenvalue weighted by Crippen LogP contribution is -2.37. The highest BCUT2D eigenvalue weighted by molar-refractivity contribution is 6.32. The van der Waals surface area contributed by atoms with Gasteiger partial charge in [0.15, 0.2) is 0 Å². The van der Waals surface area contributed by atoms with Gasteiger partial charge in [-0.1, -0.05) is 48.0 Å². The molecule has 0 aliphatic rings. The smallest absolute Gasteiger partial charge is 0.227 e. The van der Waals surface area contributed by atoms with Crippen molar-refractivity contribution in [3.05, 3.63) is 70.9 Å². The molecule has 6 heteroatoms. The minimum absolute atomic E-state index is 0.131. The molecular formula is C25H32ClN5. The fourth-order valence-corrected chi connectivity index (χ4v) is 3.35. The monoisotopic (exact) mass is 437 g/mol. The molecule has 0 fully saturated rings. The number of nitrogens with zero attached hydrogens (tertiary/aromatic N) is 2. The molecule has 1 heterocycles. The number of benzene rings is 2. The van der Waals surface area contributed by atoms with E-state index in [0.29, 0.717) is 16.7 Å². The van der Waals surface area contributed by atoms with Gasteiger partial charge in [0, 0.05) is 22.3 Å². The van der Waals surface area contributed by atoms with Crippen LogP contribution in [0.4, 0.5) is 11.6 Å². The average Bonchev–Trinajstić information content (AvgIpc) is 2.69. The number of hydrogen-bond acceptors (Lipinski definition) is 5. The summed E-state index contributed by atoms with van der Waals surface area (Å²) in [4.78, 5) is 8.96. The van der Waals surface area contributed by atoms with Crippen LogP contribution in [0.2, 0.25) is 5.02 Å². The van der Waals surface area contributed by atoms with Crippen molar-refractivity contribution in [2.24, 2.45) is 5.73 Å². The van der Waals surface area contributed by atoms with E-state index in [1.807, 2.05) is 50.2 Å². The van der Waals surface area contributed by atoms with Gasteiger partial charge < -0.3 is 16.4 Å². The Bertz CT molecular complexity index is 1000. The number of nitrogens with two attached hydrogens (primary N) is 1. The molecule has 0 saturated carbocycles. The lowest BCUT2D eigenvalue weighted by atomic mass is 9.94. The summed E-state index contributed by atoms with van der Waals surface area (Å²) in [6.45, 7) is 11.4. The van der Waals surface area contributed by atoms with E-state index in [1.165, 1.54) is 5.56 Å². The second-order valence-electron chi connectivity index (χ2n) is 9.44. The SMILES string of the molecule is CC(C)(C)NCCc1ccc(Nc2ncc(Cl)c(-c3ccc(C(C)(C)N)cc3)n2)cc1. The molecule has 0 saturated heterocycles. The fourth-order valence-electron chi connectivity index (χ4n) is 3.15. The van der Waals surface area contributed by atoms with Crippen LogP contribution < -0.4 is 16.4 Å². The van der Waals surface area contributed by atoms with E-state index in [9.17, 15) is 0 Å². The van der Waals surface area contributed by atoms with E-state index in [-0.39, 0.29) is 5.54 Å². The Morgan fingerprint density at radius 3 is 2.16 bits per heavy atom. The van der Waals surface area contributed by atoms with E-state index < -0.39 is 5.54 Å². The molecule has 31 heavy (non-hydrogen) atoms. The number of aromatic nitrogens is 2. The molecule has 164 valence electrons. The molecule has 0 amide bonds. The molecule has 0 aliphatic heterocycles. The predicted octanol–water partition coefficient (Wildman–Crippen LogP) is 5.67. The van der Waals surface area contributed by atoms with Crippen LogP contribution in [0, 0.1) is 0 Å². The Balaban J connectivity index is 1.70. The molecule has 0 bridgehead atoms. The Labute approximate surface area is 190 Å². The minimum Gasteiger partial charge on any atom is -0.324 e. The van der Waals surface area contributed by atoms with E-state index in [1.54, 1.807) is 6.20 Å². The quantitative estimate of drug-likeness (QED) is 0.444. The zero-order valence-electron chi connectivity index (χ0n) is 19.0. The highest BCUT2D eigenvalue weighted by Crippen LogP contribution is 2.28. The van der Waals surface area contributed by atoms with Crippen molar-refractivity contribution in [3.8, 4) is 11.3 Å². The first kappa shape index (κ1) is 23.2. The summed E-state index contributed by atoms with van der Waals surface area (Å²) in [7, 11) is 0. The van der Waals surface area contributed by atoms with Crippen LogP contribution in [0.25, 0.3) is 11.3 Å². The molecule has 0 aliphatic carbocycles. The number of hydrogen-bond donors (Lipinski definition) is 3. The summed E-state index contributed by atoms with van der Waals surface area (Å²) in [6.07, 6.45) is 2.61. The van der Waals surface area contributed by atoms with Gasteiger partial charge in [-0.05, 0) is 70.8 Å². The zero-order valence-corrected chi connectivity index (χ0v) is 19.7. The minimum atomic E-state index is -0.393. The standard InChI is InChI=1S/C25H32ClN5/c1-24(2,3)29-15-14-17-6-12-20(13-7-17)30-23-28-16-21(26)22(31-23)18-8-10-19(11-9-18)25(4,5)27/h6-13,16,29H,14-15,27H2,1-5H3,(H,28,30,31). The van der Waals surface area contributed by atoms with Gasteiger partial charge >= 0.3 is 0 Å². The Hall–Kier alpha value is -2.47. The summed E-state index contributed by atoms with van der Waals surface area (Å²) in [5, 5.41) is 7.28. The molecule has 0 unspecified atom stereocenters. The normalized spacial score (nSPS) is 12.1. The first-order valence-electron chi connectivity index (χ1n) is 10.5. The number of halogens is 1. The number of nitrogens with one attached hydrogen (secondary N) is 2. The molecule has 3 aromatic rings. The molecule has 2 aromatic carbocycles. The first-order chi connectivity index (χ1) is 14.5. The highest BCUT2D eigenvalue weighted by atomic mass is 35.5. The zero-order chi connectivity index (χ0) is 22.6. The van der Waals surface area contributed by atoms with Crippen LogP contribution in [0.3, 0.4) is 0 Å². The van der Waals surface area contributed by atoms with Gasteiger partial charge in [0.1, 0.15) is 0 Å². The number of anilines is 2. The molecule has 4 N–H and O–H groups in total. The summed E-state index contributed by atoms with van der Waals surface area (Å²) in [5.74, 6) is 0.504. The van der Waals surface area contributed by atoms with Crippen LogP contribution in [0.15, 0.2) is 54.7 Å². The summed E-state index contributed by atoms with van der Waals surface area (Å²) in [5.41, 5.74) is 10.8. The van der Waals surface area contributed by atoms with E-state index >= 15 is 0 Å². The Kier molecular flexibility index (Phi) is 6.99. The van der Waals surface area contributed by atoms with Crippen molar-refractivity contribution in [1.29, 1.82) is 0 Å². The van der Waals surface area contributed by atoms with E-state index in [4.69, 9.17) is 17.3 Å². The molecule has 0 spiro atoms. The third-order valence-corrected chi connectivity index (χ3v) is 5.20. The molecule has 1 aromatic heterocycles. The molecule has 5 nitrogen and oxygen atoms in total. The number of rotatable bonds is 7. The van der Waals surface area contributed by atoms with Crippen molar-refractivity contribution in [2.45, 2.75) is 52.1 Å².